The Morgan fingerprint density at radius 3 is 2.26 bits per heavy atom. The molecule has 0 spiro atoms. The highest BCUT2D eigenvalue weighted by Crippen LogP contribution is 2.29. The third-order valence-corrected chi connectivity index (χ3v) is 4.68. The van der Waals surface area contributed by atoms with Crippen molar-refractivity contribution in [3.05, 3.63) is 112 Å². The van der Waals surface area contributed by atoms with Crippen molar-refractivity contribution in [1.82, 2.24) is 10.4 Å². The molecule has 0 aliphatic heterocycles. The average molecular weight is 410 g/mol. The van der Waals surface area contributed by atoms with Crippen molar-refractivity contribution < 1.29 is 9.72 Å². The number of nitrogens with zero attached hydrogens (tertiary/aromatic N) is 2. The highest BCUT2D eigenvalue weighted by atomic mass is 16.6. The molecule has 0 atom stereocenters. The maximum atomic E-state index is 12.9. The van der Waals surface area contributed by atoms with Gasteiger partial charge in [0.1, 0.15) is 5.69 Å². The molecule has 1 amide bonds. The molecule has 0 saturated heterocycles. The van der Waals surface area contributed by atoms with E-state index in [-0.39, 0.29) is 5.69 Å². The third-order valence-electron chi connectivity index (χ3n) is 4.68. The van der Waals surface area contributed by atoms with Crippen LogP contribution in [0, 0.1) is 10.1 Å². The maximum Gasteiger partial charge on any atom is 0.288 e. The second-order valence-corrected chi connectivity index (χ2v) is 6.75. The zero-order valence-corrected chi connectivity index (χ0v) is 16.4. The Morgan fingerprint density at radius 2 is 1.58 bits per heavy atom. The Bertz CT molecular complexity index is 1250. The van der Waals surface area contributed by atoms with Gasteiger partial charge in [0.25, 0.3) is 11.6 Å². The number of nitro groups is 1. The Hall–Kier alpha value is -4.52. The van der Waals surface area contributed by atoms with Gasteiger partial charge < -0.3 is 4.98 Å². The maximum absolute atomic E-state index is 12.9. The Kier molecular flexibility index (Phi) is 5.66. The molecule has 1 aromatic heterocycles. The van der Waals surface area contributed by atoms with E-state index in [1.54, 1.807) is 12.1 Å². The predicted octanol–water partition coefficient (Wildman–Crippen LogP) is 5.02. The number of hydrogen-bond acceptors (Lipinski definition) is 4. The molecule has 3 aromatic carbocycles. The van der Waals surface area contributed by atoms with Crippen molar-refractivity contribution >= 4 is 17.8 Å². The van der Waals surface area contributed by atoms with Crippen molar-refractivity contribution in [2.45, 2.75) is 0 Å². The van der Waals surface area contributed by atoms with Crippen molar-refractivity contribution in [2.75, 3.05) is 0 Å². The number of hydrazone groups is 1. The summed E-state index contributed by atoms with van der Waals surface area (Å²) >= 11 is 0. The van der Waals surface area contributed by atoms with Crippen LogP contribution in [0.5, 0.6) is 0 Å². The largest absolute Gasteiger partial charge is 0.350 e. The molecule has 4 aromatic rings. The molecule has 0 saturated carbocycles. The Morgan fingerprint density at radius 1 is 0.903 bits per heavy atom. The molecule has 1 heterocycles. The summed E-state index contributed by atoms with van der Waals surface area (Å²) in [5.41, 5.74) is 6.76. The molecule has 7 nitrogen and oxygen atoms in total. The Balaban J connectivity index is 1.62. The number of rotatable bonds is 6. The van der Waals surface area contributed by atoms with Crippen LogP contribution in [0.2, 0.25) is 0 Å². The fourth-order valence-corrected chi connectivity index (χ4v) is 3.19. The molecule has 0 radical (unpaired) electrons. The number of hydrogen-bond donors (Lipinski definition) is 2. The van der Waals surface area contributed by atoms with E-state index >= 15 is 0 Å². The summed E-state index contributed by atoms with van der Waals surface area (Å²) in [4.78, 5) is 26.5. The standard InChI is InChI=1S/C24H18N4O3/c29-24(27-25-16-17-8-7-13-20(14-17)28(30)31)23-21(18-9-3-1-4-10-18)15-22(26-23)19-11-5-2-6-12-19/h1-16,26H,(H,27,29). The lowest BCUT2D eigenvalue weighted by Gasteiger charge is -2.03. The van der Waals surface area contributed by atoms with Gasteiger partial charge in [-0.15, -0.1) is 0 Å². The molecule has 0 fully saturated rings. The van der Waals surface area contributed by atoms with Gasteiger partial charge in [-0.3, -0.25) is 14.9 Å². The predicted molar refractivity (Wildman–Crippen MR) is 120 cm³/mol. The van der Waals surface area contributed by atoms with E-state index in [4.69, 9.17) is 0 Å². The summed E-state index contributed by atoms with van der Waals surface area (Å²) in [5, 5.41) is 14.9. The lowest BCUT2D eigenvalue weighted by Crippen LogP contribution is -2.18. The van der Waals surface area contributed by atoms with Crippen molar-refractivity contribution in [3.8, 4) is 22.4 Å². The number of amides is 1. The van der Waals surface area contributed by atoms with Gasteiger partial charge in [0.15, 0.2) is 0 Å². The van der Waals surface area contributed by atoms with Crippen molar-refractivity contribution in [3.63, 3.8) is 0 Å². The van der Waals surface area contributed by atoms with Gasteiger partial charge >= 0.3 is 0 Å². The topological polar surface area (TPSA) is 100 Å². The molecule has 2 N–H and O–H groups in total. The van der Waals surface area contributed by atoms with Crippen LogP contribution in [0.25, 0.3) is 22.4 Å². The molecular formula is C24H18N4O3. The van der Waals surface area contributed by atoms with Crippen LogP contribution in [-0.2, 0) is 0 Å². The normalized spacial score (nSPS) is 10.8. The molecule has 0 aliphatic carbocycles. The van der Waals surface area contributed by atoms with Gasteiger partial charge in [-0.2, -0.15) is 5.10 Å². The summed E-state index contributed by atoms with van der Waals surface area (Å²) in [6, 6.07) is 27.3. The van der Waals surface area contributed by atoms with E-state index in [2.05, 4.69) is 15.5 Å². The van der Waals surface area contributed by atoms with E-state index in [9.17, 15) is 14.9 Å². The molecule has 0 unspecified atom stereocenters. The number of aromatic nitrogens is 1. The zero-order chi connectivity index (χ0) is 21.6. The summed E-state index contributed by atoms with van der Waals surface area (Å²) < 4.78 is 0. The molecule has 7 heteroatoms. The number of carbonyl (C=O) groups is 1. The minimum absolute atomic E-state index is 0.0430. The van der Waals surface area contributed by atoms with E-state index in [0.717, 1.165) is 22.4 Å². The van der Waals surface area contributed by atoms with Gasteiger partial charge in [-0.05, 0) is 17.2 Å². The number of H-pyrrole nitrogens is 1. The third kappa shape index (κ3) is 4.56. The summed E-state index contributed by atoms with van der Waals surface area (Å²) in [6.45, 7) is 0. The van der Waals surface area contributed by atoms with Crippen molar-refractivity contribution in [2.24, 2.45) is 5.10 Å². The van der Waals surface area contributed by atoms with Gasteiger partial charge in [-0.1, -0.05) is 72.8 Å². The molecule has 31 heavy (non-hydrogen) atoms. The fourth-order valence-electron chi connectivity index (χ4n) is 3.19. The van der Waals surface area contributed by atoms with Crippen LogP contribution in [-0.4, -0.2) is 22.0 Å². The quantitative estimate of drug-likeness (QED) is 0.265. The van der Waals surface area contributed by atoms with Crippen LogP contribution in [0.4, 0.5) is 5.69 Å². The number of benzene rings is 3. The molecule has 0 aliphatic rings. The first-order valence-corrected chi connectivity index (χ1v) is 9.53. The number of nitrogens with one attached hydrogen (secondary N) is 2. The molecule has 152 valence electrons. The number of nitro benzene ring substituents is 1. The van der Waals surface area contributed by atoms with Gasteiger partial charge in [0.2, 0.25) is 0 Å². The second-order valence-electron chi connectivity index (χ2n) is 6.75. The number of non-ortho nitro benzene ring substituents is 1. The average Bonchev–Trinajstić information content (AvgIpc) is 3.26. The lowest BCUT2D eigenvalue weighted by atomic mass is 10.0. The SMILES string of the molecule is O=C(NN=Cc1cccc([N+](=O)[O-])c1)c1[nH]c(-c2ccccc2)cc1-c1ccccc1. The number of aromatic amines is 1. The van der Waals surface area contributed by atoms with E-state index < -0.39 is 10.8 Å². The first-order chi connectivity index (χ1) is 15.1. The molecule has 4 rings (SSSR count). The lowest BCUT2D eigenvalue weighted by molar-refractivity contribution is -0.384. The minimum Gasteiger partial charge on any atom is -0.350 e. The smallest absolute Gasteiger partial charge is 0.288 e. The van der Waals surface area contributed by atoms with Crippen LogP contribution in [0.1, 0.15) is 16.1 Å². The minimum atomic E-state index is -0.480. The second kappa shape index (κ2) is 8.87. The Labute approximate surface area is 178 Å². The van der Waals surface area contributed by atoms with E-state index in [1.807, 2.05) is 66.7 Å². The van der Waals surface area contributed by atoms with Crippen LogP contribution in [0.15, 0.2) is 96.1 Å². The fraction of sp³-hybridized carbons (Fsp3) is 0. The zero-order valence-electron chi connectivity index (χ0n) is 16.4. The molecular weight excluding hydrogens is 392 g/mol. The van der Waals surface area contributed by atoms with Crippen molar-refractivity contribution in [1.29, 1.82) is 0 Å². The summed E-state index contributed by atoms with van der Waals surface area (Å²) in [7, 11) is 0. The first-order valence-electron chi connectivity index (χ1n) is 9.53. The molecule has 0 bridgehead atoms. The highest BCUT2D eigenvalue weighted by molar-refractivity contribution is 6.01. The highest BCUT2D eigenvalue weighted by Gasteiger charge is 2.17. The van der Waals surface area contributed by atoms with Crippen LogP contribution < -0.4 is 5.43 Å². The van der Waals surface area contributed by atoms with E-state index in [1.165, 1.54) is 18.3 Å². The van der Waals surface area contributed by atoms with Gasteiger partial charge in [-0.25, -0.2) is 5.43 Å². The van der Waals surface area contributed by atoms with Crippen LogP contribution in [0.3, 0.4) is 0 Å². The van der Waals surface area contributed by atoms with Gasteiger partial charge in [0.05, 0.1) is 11.1 Å². The van der Waals surface area contributed by atoms with E-state index in [0.29, 0.717) is 11.3 Å². The first kappa shape index (κ1) is 19.8. The summed E-state index contributed by atoms with van der Waals surface area (Å²) in [5.74, 6) is -0.414. The monoisotopic (exact) mass is 410 g/mol. The number of carbonyl (C=O) groups excluding carboxylic acids is 1. The summed E-state index contributed by atoms with van der Waals surface area (Å²) in [6.07, 6.45) is 1.37. The van der Waals surface area contributed by atoms with Gasteiger partial charge in [0, 0.05) is 29.0 Å². The van der Waals surface area contributed by atoms with Crippen LogP contribution >= 0.6 is 0 Å².